The molecule has 0 bridgehead atoms. The maximum absolute atomic E-state index is 12.4. The second kappa shape index (κ2) is 17.7. The van der Waals surface area contributed by atoms with Gasteiger partial charge in [0.2, 0.25) is 6.29 Å². The summed E-state index contributed by atoms with van der Waals surface area (Å²) < 4.78 is 0. The van der Waals surface area contributed by atoms with Crippen molar-refractivity contribution in [3.8, 4) is 0 Å². The lowest BCUT2D eigenvalue weighted by Gasteiger charge is -2.14. The first-order chi connectivity index (χ1) is 17.6. The fourth-order valence-corrected chi connectivity index (χ4v) is 3.77. The first-order valence-corrected chi connectivity index (χ1v) is 13.5. The zero-order chi connectivity index (χ0) is 26.0. The largest absolute Gasteiger partial charge is 0.373 e. The molecule has 0 amide bonds. The van der Waals surface area contributed by atoms with Crippen LogP contribution in [0.4, 0.5) is 0 Å². The van der Waals surface area contributed by atoms with Crippen molar-refractivity contribution in [3.05, 3.63) is 70.8 Å². The summed E-state index contributed by atoms with van der Waals surface area (Å²) in [5.74, 6) is -1.25. The number of hydrogen-bond donors (Lipinski definition) is 0. The predicted molar refractivity (Wildman–Crippen MR) is 140 cm³/mol. The van der Waals surface area contributed by atoms with Crippen molar-refractivity contribution < 1.29 is 29.1 Å². The van der Waals surface area contributed by atoms with Crippen molar-refractivity contribution in [1.29, 1.82) is 0 Å². The SMILES string of the molecule is CCCCCCc1ccc(C(=O)OOC(CCC)OOC(=O)c2ccc(CCCCCC)cc2)cc1. The molecule has 198 valence electrons. The third kappa shape index (κ3) is 11.4. The van der Waals surface area contributed by atoms with Gasteiger partial charge in [-0.15, -0.1) is 9.78 Å². The zero-order valence-electron chi connectivity index (χ0n) is 22.1. The Labute approximate surface area is 216 Å². The van der Waals surface area contributed by atoms with Gasteiger partial charge in [-0.25, -0.2) is 9.59 Å². The molecule has 0 radical (unpaired) electrons. The fourth-order valence-electron chi connectivity index (χ4n) is 3.77. The monoisotopic (exact) mass is 498 g/mol. The summed E-state index contributed by atoms with van der Waals surface area (Å²) in [6.07, 6.45) is 11.6. The molecule has 2 rings (SSSR count). The van der Waals surface area contributed by atoms with E-state index in [4.69, 9.17) is 19.6 Å². The third-order valence-corrected chi connectivity index (χ3v) is 6.00. The van der Waals surface area contributed by atoms with Crippen LogP contribution in [0.25, 0.3) is 0 Å². The van der Waals surface area contributed by atoms with E-state index in [0.717, 1.165) is 25.7 Å². The summed E-state index contributed by atoms with van der Waals surface area (Å²) in [7, 11) is 0. The van der Waals surface area contributed by atoms with Crippen molar-refractivity contribution in [1.82, 2.24) is 0 Å². The van der Waals surface area contributed by atoms with Crippen LogP contribution in [0, 0.1) is 0 Å². The molecule has 0 spiro atoms. The molecular weight excluding hydrogens is 456 g/mol. The molecular formula is C30H42O6. The molecule has 0 saturated carbocycles. The molecule has 0 N–H and O–H groups in total. The van der Waals surface area contributed by atoms with E-state index in [2.05, 4.69) is 13.8 Å². The average Bonchev–Trinajstić information content (AvgIpc) is 2.91. The van der Waals surface area contributed by atoms with Crippen LogP contribution in [0.15, 0.2) is 48.5 Å². The number of carbonyl (C=O) groups is 2. The summed E-state index contributed by atoms with van der Waals surface area (Å²) in [4.78, 5) is 44.9. The molecule has 6 nitrogen and oxygen atoms in total. The van der Waals surface area contributed by atoms with Crippen molar-refractivity contribution in [3.63, 3.8) is 0 Å². The molecule has 0 aliphatic heterocycles. The molecule has 0 fully saturated rings. The second-order valence-electron chi connectivity index (χ2n) is 9.17. The Morgan fingerprint density at radius 2 is 1.00 bits per heavy atom. The van der Waals surface area contributed by atoms with Gasteiger partial charge in [0.05, 0.1) is 11.1 Å². The fraction of sp³-hybridized carbons (Fsp3) is 0.533. The van der Waals surface area contributed by atoms with Gasteiger partial charge >= 0.3 is 11.9 Å². The van der Waals surface area contributed by atoms with Gasteiger partial charge in [0.15, 0.2) is 0 Å². The van der Waals surface area contributed by atoms with Crippen molar-refractivity contribution >= 4 is 11.9 Å². The number of hydrogen-bond acceptors (Lipinski definition) is 6. The maximum Gasteiger partial charge on any atom is 0.373 e. The molecule has 0 aliphatic rings. The van der Waals surface area contributed by atoms with E-state index >= 15 is 0 Å². The van der Waals surface area contributed by atoms with Gasteiger partial charge in [-0.3, -0.25) is 9.78 Å². The highest BCUT2D eigenvalue weighted by Gasteiger charge is 2.19. The Hall–Kier alpha value is -2.70. The summed E-state index contributed by atoms with van der Waals surface area (Å²) >= 11 is 0. The van der Waals surface area contributed by atoms with Crippen LogP contribution in [0.2, 0.25) is 0 Å². The average molecular weight is 499 g/mol. The minimum Gasteiger partial charge on any atom is -0.290 e. The predicted octanol–water partition coefficient (Wildman–Crippen LogP) is 7.94. The Kier molecular flexibility index (Phi) is 14.5. The van der Waals surface area contributed by atoms with Gasteiger partial charge in [0.25, 0.3) is 0 Å². The van der Waals surface area contributed by atoms with Gasteiger partial charge in [0.1, 0.15) is 0 Å². The number of aryl methyl sites for hydroxylation is 2. The number of rotatable bonds is 18. The van der Waals surface area contributed by atoms with E-state index in [1.54, 1.807) is 24.3 Å². The lowest BCUT2D eigenvalue weighted by Crippen LogP contribution is -2.22. The molecule has 0 atom stereocenters. The summed E-state index contributed by atoms with van der Waals surface area (Å²) in [5, 5.41) is 0. The maximum atomic E-state index is 12.4. The lowest BCUT2D eigenvalue weighted by atomic mass is 10.0. The van der Waals surface area contributed by atoms with Gasteiger partial charge < -0.3 is 0 Å². The van der Waals surface area contributed by atoms with Gasteiger partial charge in [-0.1, -0.05) is 90.0 Å². The highest BCUT2D eigenvalue weighted by Crippen LogP contribution is 2.14. The number of unbranched alkanes of at least 4 members (excludes halogenated alkanes) is 6. The first kappa shape index (κ1) is 29.5. The van der Waals surface area contributed by atoms with Crippen LogP contribution in [-0.4, -0.2) is 18.2 Å². The topological polar surface area (TPSA) is 71.1 Å². The number of carbonyl (C=O) groups excluding carboxylic acids is 2. The normalized spacial score (nSPS) is 11.0. The number of benzene rings is 2. The van der Waals surface area contributed by atoms with Crippen molar-refractivity contribution in [2.24, 2.45) is 0 Å². The smallest absolute Gasteiger partial charge is 0.290 e. The molecule has 0 saturated heterocycles. The molecule has 0 unspecified atom stereocenters. The standard InChI is InChI=1S/C30H42O6/c1-4-7-9-11-14-24-16-20-26(21-17-24)29(31)35-33-28(13-6-3)34-36-30(32)27-22-18-25(19-23-27)15-12-10-8-5-2/h16-23,28H,4-15H2,1-3H3. The highest BCUT2D eigenvalue weighted by atomic mass is 17.3. The quantitative estimate of drug-likeness (QED) is 0.0899. The van der Waals surface area contributed by atoms with Gasteiger partial charge in [-0.2, -0.15) is 0 Å². The van der Waals surface area contributed by atoms with Gasteiger partial charge in [0, 0.05) is 6.42 Å². The molecule has 6 heteroatoms. The Bertz CT molecular complexity index is 804. The van der Waals surface area contributed by atoms with E-state index < -0.39 is 18.2 Å². The van der Waals surface area contributed by atoms with Crippen molar-refractivity contribution in [2.75, 3.05) is 0 Å². The van der Waals surface area contributed by atoms with E-state index in [-0.39, 0.29) is 0 Å². The van der Waals surface area contributed by atoms with Gasteiger partial charge in [-0.05, 0) is 61.1 Å². The van der Waals surface area contributed by atoms with Crippen molar-refractivity contribution in [2.45, 2.75) is 104 Å². The zero-order valence-corrected chi connectivity index (χ0v) is 22.1. The molecule has 36 heavy (non-hydrogen) atoms. The Balaban J connectivity index is 1.77. The van der Waals surface area contributed by atoms with Crippen LogP contribution in [0.5, 0.6) is 0 Å². The van der Waals surface area contributed by atoms with E-state index in [0.29, 0.717) is 24.0 Å². The van der Waals surface area contributed by atoms with Crippen LogP contribution >= 0.6 is 0 Å². The first-order valence-electron chi connectivity index (χ1n) is 13.5. The summed E-state index contributed by atoms with van der Waals surface area (Å²) in [6, 6.07) is 14.6. The molecule has 0 aliphatic carbocycles. The van der Waals surface area contributed by atoms with E-state index in [9.17, 15) is 9.59 Å². The third-order valence-electron chi connectivity index (χ3n) is 6.00. The van der Waals surface area contributed by atoms with E-state index in [1.165, 1.54) is 49.7 Å². The lowest BCUT2D eigenvalue weighted by molar-refractivity contribution is -0.421. The summed E-state index contributed by atoms with van der Waals surface area (Å²) in [6.45, 7) is 6.30. The van der Waals surface area contributed by atoms with Crippen LogP contribution < -0.4 is 0 Å². The molecule has 0 heterocycles. The second-order valence-corrected chi connectivity index (χ2v) is 9.17. The summed E-state index contributed by atoms with van der Waals surface area (Å²) in [5.41, 5.74) is 3.14. The van der Waals surface area contributed by atoms with Crippen LogP contribution in [0.1, 0.15) is 117 Å². The van der Waals surface area contributed by atoms with Crippen LogP contribution in [0.3, 0.4) is 0 Å². The van der Waals surface area contributed by atoms with Crippen LogP contribution in [-0.2, 0) is 32.4 Å². The highest BCUT2D eigenvalue weighted by molar-refractivity contribution is 5.89. The Morgan fingerprint density at radius 3 is 1.36 bits per heavy atom. The Morgan fingerprint density at radius 1 is 0.583 bits per heavy atom. The molecule has 2 aromatic carbocycles. The minimum absolute atomic E-state index is 0.383. The van der Waals surface area contributed by atoms with E-state index in [1.807, 2.05) is 31.2 Å². The molecule has 0 aromatic heterocycles. The molecule has 2 aromatic rings. The minimum atomic E-state index is -1.02.